The summed E-state index contributed by atoms with van der Waals surface area (Å²) in [4.78, 5) is 26.6. The van der Waals surface area contributed by atoms with Crippen molar-refractivity contribution in [1.29, 1.82) is 5.26 Å². The summed E-state index contributed by atoms with van der Waals surface area (Å²) in [5.74, 6) is 0.423. The second-order valence-electron chi connectivity index (χ2n) is 5.78. The van der Waals surface area contributed by atoms with E-state index in [1.54, 1.807) is 7.05 Å². The maximum atomic E-state index is 12.3. The quantitative estimate of drug-likeness (QED) is 0.838. The largest absolute Gasteiger partial charge is 0.350 e. The van der Waals surface area contributed by atoms with Crippen LogP contribution in [0.2, 0.25) is 0 Å². The van der Waals surface area contributed by atoms with Crippen LogP contribution >= 0.6 is 0 Å². The molecule has 1 aromatic carbocycles. The van der Waals surface area contributed by atoms with Gasteiger partial charge in [-0.15, -0.1) is 0 Å². The van der Waals surface area contributed by atoms with Gasteiger partial charge < -0.3 is 4.90 Å². The van der Waals surface area contributed by atoms with Crippen LogP contribution in [0.3, 0.4) is 0 Å². The Labute approximate surface area is 133 Å². The predicted molar refractivity (Wildman–Crippen MR) is 87.4 cm³/mol. The van der Waals surface area contributed by atoms with Crippen LogP contribution in [0.25, 0.3) is 0 Å². The SMILES string of the molecule is Cn1c(N2CCC[C@H]2c2ccccc2)c(C#N)c(=O)n(C)c1=O. The topological polar surface area (TPSA) is 71.0 Å². The van der Waals surface area contributed by atoms with Crippen molar-refractivity contribution in [2.45, 2.75) is 18.9 Å². The van der Waals surface area contributed by atoms with E-state index in [0.29, 0.717) is 12.4 Å². The first-order chi connectivity index (χ1) is 11.1. The molecule has 1 fully saturated rings. The third-order valence-electron chi connectivity index (χ3n) is 4.45. The normalized spacial score (nSPS) is 17.3. The highest BCUT2D eigenvalue weighted by molar-refractivity contribution is 5.56. The van der Waals surface area contributed by atoms with E-state index in [2.05, 4.69) is 0 Å². The van der Waals surface area contributed by atoms with E-state index in [1.807, 2.05) is 41.3 Å². The fraction of sp³-hybridized carbons (Fsp3) is 0.353. The van der Waals surface area contributed by atoms with Gasteiger partial charge in [0.05, 0.1) is 6.04 Å². The minimum atomic E-state index is -0.538. The molecule has 0 amide bonds. The molecular formula is C17H18N4O2. The van der Waals surface area contributed by atoms with Gasteiger partial charge in [-0.1, -0.05) is 30.3 Å². The van der Waals surface area contributed by atoms with E-state index in [-0.39, 0.29) is 11.6 Å². The van der Waals surface area contributed by atoms with E-state index in [1.165, 1.54) is 11.6 Å². The van der Waals surface area contributed by atoms with E-state index in [9.17, 15) is 14.9 Å². The fourth-order valence-electron chi connectivity index (χ4n) is 3.31. The molecule has 0 N–H and O–H groups in total. The highest BCUT2D eigenvalue weighted by Crippen LogP contribution is 2.36. The van der Waals surface area contributed by atoms with Gasteiger partial charge in [0.25, 0.3) is 5.56 Å². The van der Waals surface area contributed by atoms with Crippen molar-refractivity contribution in [2.24, 2.45) is 14.1 Å². The van der Waals surface area contributed by atoms with Gasteiger partial charge in [0.1, 0.15) is 11.9 Å². The molecule has 23 heavy (non-hydrogen) atoms. The van der Waals surface area contributed by atoms with E-state index in [4.69, 9.17) is 0 Å². The van der Waals surface area contributed by atoms with E-state index < -0.39 is 11.2 Å². The first kappa shape index (κ1) is 15.1. The van der Waals surface area contributed by atoms with Crippen LogP contribution in [0.5, 0.6) is 0 Å². The number of aromatic nitrogens is 2. The van der Waals surface area contributed by atoms with Crippen LogP contribution in [0.1, 0.15) is 30.0 Å². The Morgan fingerprint density at radius 3 is 2.48 bits per heavy atom. The number of benzene rings is 1. The highest BCUT2D eigenvalue weighted by Gasteiger charge is 2.31. The molecule has 1 aliphatic heterocycles. The summed E-state index contributed by atoms with van der Waals surface area (Å²) in [6, 6.07) is 12.0. The van der Waals surface area contributed by atoms with Gasteiger partial charge in [0.15, 0.2) is 5.56 Å². The molecule has 0 bridgehead atoms. The van der Waals surface area contributed by atoms with Crippen molar-refractivity contribution >= 4 is 5.82 Å². The average molecular weight is 310 g/mol. The van der Waals surface area contributed by atoms with Crippen molar-refractivity contribution < 1.29 is 0 Å². The van der Waals surface area contributed by atoms with E-state index in [0.717, 1.165) is 23.0 Å². The molecule has 6 heteroatoms. The number of nitrogens with zero attached hydrogens (tertiary/aromatic N) is 4. The number of hydrogen-bond acceptors (Lipinski definition) is 4. The number of hydrogen-bond donors (Lipinski definition) is 0. The number of anilines is 1. The zero-order valence-corrected chi connectivity index (χ0v) is 13.2. The molecule has 2 aromatic rings. The van der Waals surface area contributed by atoms with Gasteiger partial charge in [-0.2, -0.15) is 5.26 Å². The van der Waals surface area contributed by atoms with Gasteiger partial charge in [-0.05, 0) is 18.4 Å². The van der Waals surface area contributed by atoms with Gasteiger partial charge in [-0.3, -0.25) is 13.9 Å². The Bertz CT molecular complexity index is 890. The molecule has 118 valence electrons. The van der Waals surface area contributed by atoms with Gasteiger partial charge in [0, 0.05) is 20.6 Å². The second kappa shape index (κ2) is 5.76. The number of rotatable bonds is 2. The molecule has 2 heterocycles. The Morgan fingerprint density at radius 1 is 1.13 bits per heavy atom. The Hall–Kier alpha value is -2.81. The molecule has 3 rings (SSSR count). The smallest absolute Gasteiger partial charge is 0.332 e. The summed E-state index contributed by atoms with van der Waals surface area (Å²) >= 11 is 0. The van der Waals surface area contributed by atoms with Crippen LogP contribution in [-0.2, 0) is 14.1 Å². The van der Waals surface area contributed by atoms with Gasteiger partial charge >= 0.3 is 5.69 Å². The van der Waals surface area contributed by atoms with Crippen molar-refractivity contribution in [2.75, 3.05) is 11.4 Å². The average Bonchev–Trinajstić information content (AvgIpc) is 3.06. The molecule has 0 radical (unpaired) electrons. The van der Waals surface area contributed by atoms with Crippen molar-refractivity contribution in [3.05, 3.63) is 62.3 Å². The van der Waals surface area contributed by atoms with Crippen LogP contribution in [0.15, 0.2) is 39.9 Å². The molecule has 0 unspecified atom stereocenters. The minimum absolute atomic E-state index is 0.0254. The summed E-state index contributed by atoms with van der Waals surface area (Å²) in [5, 5.41) is 9.45. The van der Waals surface area contributed by atoms with Gasteiger partial charge in [-0.25, -0.2) is 4.79 Å². The molecule has 0 saturated carbocycles. The molecule has 6 nitrogen and oxygen atoms in total. The molecule has 0 aliphatic carbocycles. The molecule has 1 aliphatic rings. The third kappa shape index (κ3) is 2.34. The standard InChI is InChI=1S/C17H18N4O2/c1-19-15(13(11-18)16(22)20(2)17(19)23)21-10-6-9-14(21)12-7-4-3-5-8-12/h3-5,7-8,14H,6,9-10H2,1-2H3/t14-/m0/s1. The zero-order chi connectivity index (χ0) is 16.6. The minimum Gasteiger partial charge on any atom is -0.350 e. The predicted octanol–water partition coefficient (Wildman–Crippen LogP) is 1.30. The van der Waals surface area contributed by atoms with E-state index >= 15 is 0 Å². The monoisotopic (exact) mass is 310 g/mol. The van der Waals surface area contributed by atoms with Crippen LogP contribution in [0.4, 0.5) is 5.82 Å². The van der Waals surface area contributed by atoms with Crippen molar-refractivity contribution in [1.82, 2.24) is 9.13 Å². The summed E-state index contributed by atoms with van der Waals surface area (Å²) in [5.41, 5.74) is 0.200. The molecular weight excluding hydrogens is 292 g/mol. The van der Waals surface area contributed by atoms with Crippen molar-refractivity contribution in [3.63, 3.8) is 0 Å². The number of nitriles is 1. The van der Waals surface area contributed by atoms with Crippen LogP contribution in [0, 0.1) is 11.3 Å². The Morgan fingerprint density at radius 2 is 1.83 bits per heavy atom. The lowest BCUT2D eigenvalue weighted by Gasteiger charge is -2.29. The first-order valence-electron chi connectivity index (χ1n) is 7.58. The lowest BCUT2D eigenvalue weighted by atomic mass is 10.0. The first-order valence-corrected chi connectivity index (χ1v) is 7.58. The Kier molecular flexibility index (Phi) is 3.78. The molecule has 1 atom stereocenters. The highest BCUT2D eigenvalue weighted by atomic mass is 16.2. The third-order valence-corrected chi connectivity index (χ3v) is 4.45. The lowest BCUT2D eigenvalue weighted by molar-refractivity contribution is 0.638. The summed E-state index contributed by atoms with van der Waals surface area (Å²) in [7, 11) is 3.01. The molecule has 0 spiro atoms. The maximum Gasteiger partial charge on any atom is 0.332 e. The second-order valence-corrected chi connectivity index (χ2v) is 5.78. The zero-order valence-electron chi connectivity index (χ0n) is 13.2. The van der Waals surface area contributed by atoms with Crippen LogP contribution < -0.4 is 16.1 Å². The molecule has 1 saturated heterocycles. The lowest BCUT2D eigenvalue weighted by Crippen LogP contribution is -2.42. The van der Waals surface area contributed by atoms with Crippen LogP contribution in [-0.4, -0.2) is 15.7 Å². The maximum absolute atomic E-state index is 12.3. The van der Waals surface area contributed by atoms with Crippen molar-refractivity contribution in [3.8, 4) is 6.07 Å². The molecule has 1 aromatic heterocycles. The summed E-state index contributed by atoms with van der Waals surface area (Å²) in [6.45, 7) is 0.717. The van der Waals surface area contributed by atoms with Gasteiger partial charge in [0.2, 0.25) is 0 Å². The Balaban J connectivity index is 2.21. The summed E-state index contributed by atoms with van der Waals surface area (Å²) < 4.78 is 2.39. The fourth-order valence-corrected chi connectivity index (χ4v) is 3.31. The summed E-state index contributed by atoms with van der Waals surface area (Å²) in [6.07, 6.45) is 1.88.